The summed E-state index contributed by atoms with van der Waals surface area (Å²) in [5.41, 5.74) is 3.37. The predicted octanol–water partition coefficient (Wildman–Crippen LogP) is 2.49. The van der Waals surface area contributed by atoms with Crippen LogP contribution < -0.4 is 15.1 Å². The van der Waals surface area contributed by atoms with Crippen LogP contribution in [-0.4, -0.2) is 67.9 Å². The van der Waals surface area contributed by atoms with Gasteiger partial charge < -0.3 is 25.3 Å². The van der Waals surface area contributed by atoms with Crippen molar-refractivity contribution >= 4 is 23.5 Å². The van der Waals surface area contributed by atoms with E-state index >= 15 is 0 Å². The molecule has 3 N–H and O–H groups in total. The number of nitrogens with zero attached hydrogens (tertiary/aromatic N) is 7. The lowest BCUT2D eigenvalue weighted by molar-refractivity contribution is 0.0956. The molecule has 10 nitrogen and oxygen atoms in total. The molecule has 190 valence electrons. The first-order valence-corrected chi connectivity index (χ1v) is 12.0. The quantitative estimate of drug-likeness (QED) is 0.331. The number of anilines is 4. The van der Waals surface area contributed by atoms with Crippen LogP contribution in [0.5, 0.6) is 0 Å². The molecule has 0 radical (unpaired) electrons. The molecule has 0 spiro atoms. The summed E-state index contributed by atoms with van der Waals surface area (Å²) in [6.07, 6.45) is 4.86. The molecule has 1 unspecified atom stereocenters. The summed E-state index contributed by atoms with van der Waals surface area (Å²) in [5.74, 6) is 1.43. The molecule has 0 saturated carbocycles. The van der Waals surface area contributed by atoms with Crippen LogP contribution in [0.15, 0.2) is 67.3 Å². The topological polar surface area (TPSA) is 123 Å². The van der Waals surface area contributed by atoms with Gasteiger partial charge in [-0.1, -0.05) is 24.3 Å². The third-order valence-electron chi connectivity index (χ3n) is 6.14. The van der Waals surface area contributed by atoms with E-state index in [9.17, 15) is 9.50 Å². The van der Waals surface area contributed by atoms with E-state index in [-0.39, 0.29) is 12.4 Å². The van der Waals surface area contributed by atoms with Gasteiger partial charge in [-0.3, -0.25) is 0 Å². The van der Waals surface area contributed by atoms with E-state index in [2.05, 4.69) is 40.0 Å². The molecule has 1 fully saturated rings. The van der Waals surface area contributed by atoms with Gasteiger partial charge in [0, 0.05) is 50.7 Å². The Kier molecular flexibility index (Phi) is 7.43. The highest BCUT2D eigenvalue weighted by Gasteiger charge is 2.21. The number of rotatable bonds is 8. The number of nitrogens with one attached hydrogen (secondary N) is 1. The summed E-state index contributed by atoms with van der Waals surface area (Å²) in [6.45, 7) is 2.53. The predicted molar refractivity (Wildman–Crippen MR) is 137 cm³/mol. The monoisotopic (exact) mass is 502 g/mol. The van der Waals surface area contributed by atoms with Crippen molar-refractivity contribution in [2.45, 2.75) is 12.5 Å². The van der Waals surface area contributed by atoms with Gasteiger partial charge in [0.25, 0.3) is 0 Å². The van der Waals surface area contributed by atoms with Crippen LogP contribution >= 0.6 is 0 Å². The van der Waals surface area contributed by atoms with Crippen molar-refractivity contribution in [3.05, 3.63) is 89.8 Å². The number of benzene rings is 2. The van der Waals surface area contributed by atoms with Crippen molar-refractivity contribution in [2.75, 3.05) is 47.9 Å². The molecular weight excluding hydrogens is 475 g/mol. The van der Waals surface area contributed by atoms with Crippen molar-refractivity contribution in [2.24, 2.45) is 0 Å². The first kappa shape index (κ1) is 24.5. The minimum absolute atomic E-state index is 0.245. The molecule has 1 atom stereocenters. The lowest BCUT2D eigenvalue weighted by Crippen LogP contribution is -2.47. The molecule has 37 heavy (non-hydrogen) atoms. The number of aliphatic hydroxyl groups is 2. The van der Waals surface area contributed by atoms with Gasteiger partial charge in [-0.15, -0.1) is 0 Å². The van der Waals surface area contributed by atoms with E-state index in [1.165, 1.54) is 18.5 Å². The van der Waals surface area contributed by atoms with Gasteiger partial charge in [0.05, 0.1) is 6.61 Å². The van der Waals surface area contributed by atoms with Gasteiger partial charge in [-0.05, 0) is 41.0 Å². The lowest BCUT2D eigenvalue weighted by Gasteiger charge is -2.34. The number of aromatic nitrogens is 5. The van der Waals surface area contributed by atoms with Crippen molar-refractivity contribution < 1.29 is 14.6 Å². The number of piperazine rings is 1. The number of halogens is 1. The zero-order valence-electron chi connectivity index (χ0n) is 20.1. The fourth-order valence-electron chi connectivity index (χ4n) is 4.07. The lowest BCUT2D eigenvalue weighted by atomic mass is 10.1. The largest absolute Gasteiger partial charge is 0.393 e. The van der Waals surface area contributed by atoms with Gasteiger partial charge in [0.1, 0.15) is 18.2 Å². The summed E-state index contributed by atoms with van der Waals surface area (Å²) in [4.78, 5) is 26.4. The highest BCUT2D eigenvalue weighted by molar-refractivity contribution is 5.54. The average molecular weight is 503 g/mol. The highest BCUT2D eigenvalue weighted by Crippen LogP contribution is 2.20. The second-order valence-electron chi connectivity index (χ2n) is 8.72. The number of hydrogen-bond acceptors (Lipinski definition) is 10. The molecule has 1 aliphatic rings. The molecular formula is C26H27FN8O2. The Labute approximate surface area is 213 Å². The standard InChI is InChI=1S/C26H27FN8O2/c27-21-5-1-18(2-6-21)13-19-14-28-25(29-15-19)34-9-11-35(12-10-34)26-31-17-30-24(33-26)32-22-7-3-20(4-8-22)23(37)16-36/h1-8,14-15,17,23,36-37H,9-13,16H2,(H,30,31,32,33). The highest BCUT2D eigenvalue weighted by atomic mass is 19.1. The maximum absolute atomic E-state index is 13.1. The maximum atomic E-state index is 13.1. The zero-order chi connectivity index (χ0) is 25.6. The molecule has 11 heteroatoms. The molecule has 2 aromatic carbocycles. The summed E-state index contributed by atoms with van der Waals surface area (Å²) in [7, 11) is 0. The number of aliphatic hydroxyl groups excluding tert-OH is 2. The zero-order valence-corrected chi connectivity index (χ0v) is 20.1. The smallest absolute Gasteiger partial charge is 0.231 e. The van der Waals surface area contributed by atoms with Crippen LogP contribution in [0.1, 0.15) is 22.8 Å². The summed E-state index contributed by atoms with van der Waals surface area (Å²) in [5, 5.41) is 22.0. The van der Waals surface area contributed by atoms with Crippen molar-refractivity contribution in [3.8, 4) is 0 Å². The van der Waals surface area contributed by atoms with E-state index in [4.69, 9.17) is 5.11 Å². The van der Waals surface area contributed by atoms with Gasteiger partial charge in [-0.25, -0.2) is 24.3 Å². The molecule has 1 aliphatic heterocycles. The SMILES string of the molecule is OCC(O)c1ccc(Nc2ncnc(N3CCN(c4ncc(Cc5ccc(F)cc5)cn4)CC3)n2)cc1. The normalized spacial score (nSPS) is 14.5. The van der Waals surface area contributed by atoms with Crippen LogP contribution in [0.3, 0.4) is 0 Å². The molecule has 0 bridgehead atoms. The minimum atomic E-state index is -0.902. The second-order valence-corrected chi connectivity index (χ2v) is 8.72. The van der Waals surface area contributed by atoms with Crippen molar-refractivity contribution in [3.63, 3.8) is 0 Å². The van der Waals surface area contributed by atoms with E-state index in [0.29, 0.717) is 42.9 Å². The Hall–Kier alpha value is -4.22. The molecule has 2 aromatic heterocycles. The summed E-state index contributed by atoms with van der Waals surface area (Å²) >= 11 is 0. The van der Waals surface area contributed by atoms with Crippen molar-refractivity contribution in [1.82, 2.24) is 24.9 Å². The Bertz CT molecular complexity index is 1300. The third-order valence-corrected chi connectivity index (χ3v) is 6.14. The van der Waals surface area contributed by atoms with Crippen LogP contribution in [-0.2, 0) is 6.42 Å². The van der Waals surface area contributed by atoms with E-state index in [1.54, 1.807) is 36.4 Å². The van der Waals surface area contributed by atoms with E-state index in [1.807, 2.05) is 12.4 Å². The molecule has 0 aliphatic carbocycles. The van der Waals surface area contributed by atoms with E-state index in [0.717, 1.165) is 29.9 Å². The Morgan fingerprint density at radius 2 is 1.46 bits per heavy atom. The molecule has 4 aromatic rings. The van der Waals surface area contributed by atoms with E-state index < -0.39 is 6.10 Å². The van der Waals surface area contributed by atoms with Gasteiger partial charge >= 0.3 is 0 Å². The Morgan fingerprint density at radius 1 is 0.811 bits per heavy atom. The molecule has 3 heterocycles. The molecule has 1 saturated heterocycles. The summed E-state index contributed by atoms with van der Waals surface area (Å²) in [6, 6.07) is 13.5. The second kappa shape index (κ2) is 11.2. The molecule has 0 amide bonds. The van der Waals surface area contributed by atoms with Crippen molar-refractivity contribution in [1.29, 1.82) is 0 Å². The molecule has 5 rings (SSSR count). The first-order chi connectivity index (χ1) is 18.1. The fourth-order valence-corrected chi connectivity index (χ4v) is 4.07. The van der Waals surface area contributed by atoms with Crippen LogP contribution in [0.2, 0.25) is 0 Å². The first-order valence-electron chi connectivity index (χ1n) is 12.0. The minimum Gasteiger partial charge on any atom is -0.393 e. The van der Waals surface area contributed by atoms with Crippen LogP contribution in [0, 0.1) is 5.82 Å². The fraction of sp³-hybridized carbons (Fsp3) is 0.269. The Morgan fingerprint density at radius 3 is 2.11 bits per heavy atom. The average Bonchev–Trinajstić information content (AvgIpc) is 2.95. The summed E-state index contributed by atoms with van der Waals surface area (Å²) < 4.78 is 13.1. The maximum Gasteiger partial charge on any atom is 0.231 e. The number of hydrogen-bond donors (Lipinski definition) is 3. The van der Waals surface area contributed by atoms with Gasteiger partial charge in [0.2, 0.25) is 17.8 Å². The van der Waals surface area contributed by atoms with Crippen LogP contribution in [0.25, 0.3) is 0 Å². The van der Waals surface area contributed by atoms with Gasteiger partial charge in [-0.2, -0.15) is 4.98 Å². The third kappa shape index (κ3) is 6.13. The van der Waals surface area contributed by atoms with Gasteiger partial charge in [0.15, 0.2) is 0 Å². The Balaban J connectivity index is 1.16. The van der Waals surface area contributed by atoms with Crippen LogP contribution in [0.4, 0.5) is 27.9 Å².